The monoisotopic (exact) mass is 304 g/mol. The standard InChI is InChI=1S/C20H17NO2/c1-23-20(22)18-14(13-7-3-2-4-8-13)11-12-16-15-9-5-6-10-17(15)21-19(16)18/h2-10,12,14,18H,11H2,1H3/p+1. The van der Waals surface area contributed by atoms with Gasteiger partial charge in [-0.1, -0.05) is 48.5 Å². The number of benzene rings is 2. The maximum Gasteiger partial charge on any atom is 0.320 e. The maximum atomic E-state index is 12.5. The minimum atomic E-state index is -0.296. The summed E-state index contributed by atoms with van der Waals surface area (Å²) in [5, 5.41) is 0. The van der Waals surface area contributed by atoms with Gasteiger partial charge in [0.05, 0.1) is 18.2 Å². The van der Waals surface area contributed by atoms with Crippen molar-refractivity contribution in [1.82, 2.24) is 0 Å². The van der Waals surface area contributed by atoms with Crippen LogP contribution in [0.4, 0.5) is 5.69 Å². The lowest BCUT2D eigenvalue weighted by molar-refractivity contribution is -0.352. The quantitative estimate of drug-likeness (QED) is 0.864. The smallest absolute Gasteiger partial charge is 0.320 e. The number of carbonyl (C=O) groups is 1. The van der Waals surface area contributed by atoms with E-state index in [-0.39, 0.29) is 17.8 Å². The van der Waals surface area contributed by atoms with Gasteiger partial charge < -0.3 is 4.74 Å². The lowest BCUT2D eigenvalue weighted by Crippen LogP contribution is -2.67. The molecule has 2 aromatic carbocycles. The van der Waals surface area contributed by atoms with Gasteiger partial charge in [-0.15, -0.1) is 0 Å². The largest absolute Gasteiger partial charge is 0.468 e. The molecule has 3 nitrogen and oxygen atoms in total. The van der Waals surface area contributed by atoms with Crippen molar-refractivity contribution in [2.45, 2.75) is 12.3 Å². The first-order valence-corrected chi connectivity index (χ1v) is 7.86. The Morgan fingerprint density at radius 2 is 1.83 bits per heavy atom. The van der Waals surface area contributed by atoms with Gasteiger partial charge in [-0.2, -0.15) is 0 Å². The van der Waals surface area contributed by atoms with E-state index in [9.17, 15) is 4.79 Å². The van der Waals surface area contributed by atoms with Crippen molar-refractivity contribution in [2.75, 3.05) is 7.11 Å². The third kappa shape index (κ3) is 2.20. The molecule has 0 spiro atoms. The minimum absolute atomic E-state index is 0.101. The molecule has 1 N–H and O–H groups in total. The van der Waals surface area contributed by atoms with E-state index >= 15 is 0 Å². The van der Waals surface area contributed by atoms with Crippen molar-refractivity contribution in [1.29, 1.82) is 0 Å². The molecule has 1 aliphatic heterocycles. The second kappa shape index (κ2) is 5.51. The molecule has 0 aromatic heterocycles. The number of para-hydroxylation sites is 1. The average molecular weight is 304 g/mol. The van der Waals surface area contributed by atoms with E-state index in [0.717, 1.165) is 23.4 Å². The Bertz CT molecular complexity index is 821. The minimum Gasteiger partial charge on any atom is -0.468 e. The molecule has 0 radical (unpaired) electrons. The number of allylic oxidation sites excluding steroid dienone is 2. The van der Waals surface area contributed by atoms with E-state index in [4.69, 9.17) is 4.74 Å². The normalized spacial score (nSPS) is 21.8. The lowest BCUT2D eigenvalue weighted by Gasteiger charge is -2.26. The predicted octanol–water partition coefficient (Wildman–Crippen LogP) is 2.21. The molecular formula is C20H18NO2+. The molecule has 0 saturated heterocycles. The highest BCUT2D eigenvalue weighted by Crippen LogP contribution is 2.40. The van der Waals surface area contributed by atoms with Crippen LogP contribution in [-0.2, 0) is 9.53 Å². The van der Waals surface area contributed by atoms with Crippen LogP contribution in [0.3, 0.4) is 0 Å². The van der Waals surface area contributed by atoms with Crippen LogP contribution in [0.5, 0.6) is 0 Å². The Morgan fingerprint density at radius 1 is 1.09 bits per heavy atom. The summed E-state index contributed by atoms with van der Waals surface area (Å²) in [6.45, 7) is 0. The zero-order valence-corrected chi connectivity index (χ0v) is 13.0. The van der Waals surface area contributed by atoms with Crippen molar-refractivity contribution in [3.05, 3.63) is 71.8 Å². The van der Waals surface area contributed by atoms with E-state index in [1.165, 1.54) is 18.2 Å². The van der Waals surface area contributed by atoms with Crippen LogP contribution in [0.25, 0.3) is 5.57 Å². The summed E-state index contributed by atoms with van der Waals surface area (Å²) in [6.07, 6.45) is 3.07. The first-order chi connectivity index (χ1) is 11.3. The van der Waals surface area contributed by atoms with Crippen LogP contribution >= 0.6 is 0 Å². The van der Waals surface area contributed by atoms with Gasteiger partial charge in [0.1, 0.15) is 5.92 Å². The Balaban J connectivity index is 1.83. The molecule has 0 saturated carbocycles. The maximum absolute atomic E-state index is 12.5. The number of fused-ring (bicyclic) bond motifs is 3. The molecule has 114 valence electrons. The fraction of sp³-hybridized carbons (Fsp3) is 0.200. The molecule has 2 aliphatic rings. The zero-order valence-electron chi connectivity index (χ0n) is 13.0. The molecule has 2 aromatic rings. The van der Waals surface area contributed by atoms with Gasteiger partial charge in [-0.3, -0.25) is 4.79 Å². The number of nitrogens with one attached hydrogen (secondary N) is 1. The Morgan fingerprint density at radius 3 is 2.61 bits per heavy atom. The van der Waals surface area contributed by atoms with Crippen molar-refractivity contribution >= 4 is 22.9 Å². The molecule has 1 heterocycles. The molecule has 0 fully saturated rings. The fourth-order valence-electron chi connectivity index (χ4n) is 3.67. The van der Waals surface area contributed by atoms with Gasteiger partial charge >= 0.3 is 5.97 Å². The number of hydrogen-bond acceptors (Lipinski definition) is 2. The molecule has 1 aliphatic carbocycles. The molecule has 23 heavy (non-hydrogen) atoms. The summed E-state index contributed by atoms with van der Waals surface area (Å²) in [5.41, 5.74) is 5.52. The first-order valence-electron chi connectivity index (χ1n) is 7.86. The molecular weight excluding hydrogens is 286 g/mol. The molecule has 0 bridgehead atoms. The zero-order chi connectivity index (χ0) is 15.8. The lowest BCUT2D eigenvalue weighted by atomic mass is 9.74. The summed E-state index contributed by atoms with van der Waals surface area (Å²) < 4.78 is 5.12. The van der Waals surface area contributed by atoms with Gasteiger partial charge in [0.15, 0.2) is 0 Å². The summed E-state index contributed by atoms with van der Waals surface area (Å²) in [4.78, 5) is 16.0. The first kappa shape index (κ1) is 13.9. The van der Waals surface area contributed by atoms with Crippen molar-refractivity contribution in [3.63, 3.8) is 0 Å². The third-order valence-corrected chi connectivity index (χ3v) is 4.75. The van der Waals surface area contributed by atoms with Crippen LogP contribution in [0.2, 0.25) is 0 Å². The predicted molar refractivity (Wildman–Crippen MR) is 89.4 cm³/mol. The highest BCUT2D eigenvalue weighted by atomic mass is 16.5. The number of esters is 1. The van der Waals surface area contributed by atoms with Crippen LogP contribution in [-0.4, -0.2) is 18.8 Å². The van der Waals surface area contributed by atoms with Crippen LogP contribution in [0.15, 0.2) is 60.7 Å². The second-order valence-corrected chi connectivity index (χ2v) is 5.96. The second-order valence-electron chi connectivity index (χ2n) is 5.96. The van der Waals surface area contributed by atoms with Gasteiger partial charge in [-0.25, -0.2) is 4.99 Å². The van der Waals surface area contributed by atoms with Crippen LogP contribution in [0, 0.1) is 5.92 Å². The fourth-order valence-corrected chi connectivity index (χ4v) is 3.67. The molecule has 2 unspecified atom stereocenters. The van der Waals surface area contributed by atoms with Crippen LogP contribution < -0.4 is 4.99 Å². The van der Waals surface area contributed by atoms with Gasteiger partial charge in [0.2, 0.25) is 11.4 Å². The van der Waals surface area contributed by atoms with Crippen molar-refractivity contribution < 1.29 is 14.5 Å². The van der Waals surface area contributed by atoms with E-state index in [0.29, 0.717) is 0 Å². The molecule has 4 rings (SSSR count). The Kier molecular flexibility index (Phi) is 3.34. The van der Waals surface area contributed by atoms with E-state index < -0.39 is 0 Å². The summed E-state index contributed by atoms with van der Waals surface area (Å²) >= 11 is 0. The number of methoxy groups -OCH3 is 1. The summed E-state index contributed by atoms with van der Waals surface area (Å²) in [6, 6.07) is 18.4. The summed E-state index contributed by atoms with van der Waals surface area (Å²) in [7, 11) is 1.46. The number of rotatable bonds is 2. The molecule has 3 heteroatoms. The Hall–Kier alpha value is -2.68. The Labute approximate surface area is 135 Å². The van der Waals surface area contributed by atoms with Crippen molar-refractivity contribution in [2.24, 2.45) is 5.92 Å². The van der Waals surface area contributed by atoms with E-state index in [2.05, 4.69) is 29.3 Å². The number of hydrogen-bond donors (Lipinski definition) is 1. The van der Waals surface area contributed by atoms with Crippen LogP contribution in [0.1, 0.15) is 23.5 Å². The molecule has 2 atom stereocenters. The van der Waals surface area contributed by atoms with Crippen molar-refractivity contribution in [3.8, 4) is 0 Å². The SMILES string of the molecule is COC(=O)C1C2=[NH+]c3ccccc3C2=CCC1c1ccccc1. The van der Waals surface area contributed by atoms with Gasteiger partial charge in [-0.05, 0) is 18.1 Å². The summed E-state index contributed by atoms with van der Waals surface area (Å²) in [5.74, 6) is -0.376. The number of carbonyl (C=O) groups excluding carboxylic acids is 1. The van der Waals surface area contributed by atoms with Gasteiger partial charge in [0, 0.05) is 12.0 Å². The third-order valence-electron chi connectivity index (χ3n) is 4.75. The van der Waals surface area contributed by atoms with Gasteiger partial charge in [0.25, 0.3) is 0 Å². The highest BCUT2D eigenvalue weighted by molar-refractivity contribution is 6.30. The average Bonchev–Trinajstić information content (AvgIpc) is 2.99. The topological polar surface area (TPSA) is 40.3 Å². The van der Waals surface area contributed by atoms with E-state index in [1.807, 2.05) is 36.4 Å². The number of ether oxygens (including phenoxy) is 1. The van der Waals surface area contributed by atoms with E-state index in [1.54, 1.807) is 0 Å². The molecule has 0 amide bonds. The highest BCUT2D eigenvalue weighted by Gasteiger charge is 2.46.